The fourth-order valence-electron chi connectivity index (χ4n) is 4.28. The molecule has 1 aliphatic heterocycles. The van der Waals surface area contributed by atoms with Crippen LogP contribution in [0, 0.1) is 37.4 Å². The van der Waals surface area contributed by atoms with Gasteiger partial charge in [0.2, 0.25) is 0 Å². The van der Waals surface area contributed by atoms with Crippen LogP contribution in [0.25, 0.3) is 22.0 Å². The van der Waals surface area contributed by atoms with Crippen molar-refractivity contribution in [1.82, 2.24) is 10.3 Å². The number of carbonyl (C=O) groups excluding carboxylic acids is 1. The third-order valence-electron chi connectivity index (χ3n) is 7.60. The minimum atomic E-state index is -0.212. The van der Waals surface area contributed by atoms with Crippen molar-refractivity contribution >= 4 is 16.7 Å². The van der Waals surface area contributed by atoms with E-state index in [1.54, 1.807) is 6.92 Å². The van der Waals surface area contributed by atoms with E-state index in [0.29, 0.717) is 5.78 Å². The smallest absolute Gasteiger partial charge is 0.132 e. The minimum Gasteiger partial charge on any atom is -0.360 e. The Morgan fingerprint density at radius 1 is 1.00 bits per heavy atom. The number of hydrogen-bond acceptors (Lipinski definition) is 2. The molecule has 4 heteroatoms. The average Bonchev–Trinajstić information content (AvgIpc) is 3.29. The van der Waals surface area contributed by atoms with Gasteiger partial charge >= 0.3 is 0 Å². The summed E-state index contributed by atoms with van der Waals surface area (Å²) < 4.78 is 13.1. The predicted octanol–water partition coefficient (Wildman–Crippen LogP) is 8.24. The molecule has 1 fully saturated rings. The van der Waals surface area contributed by atoms with Crippen molar-refractivity contribution in [2.45, 2.75) is 74.1 Å². The zero-order valence-corrected chi connectivity index (χ0v) is 22.8. The number of Topliss-reactive ketones (excluding diaryl/α,β-unsaturated/α-hetero) is 1. The number of ketones is 1. The number of benzene rings is 2. The highest BCUT2D eigenvalue weighted by Crippen LogP contribution is 2.30. The van der Waals surface area contributed by atoms with Crippen LogP contribution in [0.3, 0.4) is 0 Å². The molecule has 3 aromatic rings. The van der Waals surface area contributed by atoms with Crippen LogP contribution in [-0.2, 0) is 4.79 Å². The van der Waals surface area contributed by atoms with Crippen LogP contribution < -0.4 is 5.32 Å². The second-order valence-corrected chi connectivity index (χ2v) is 10.1. The number of piperidine rings is 1. The third kappa shape index (κ3) is 8.61. The number of halogens is 1. The van der Waals surface area contributed by atoms with Gasteiger partial charge in [-0.15, -0.1) is 0 Å². The molecular formula is C31H45FN2O. The molecule has 0 saturated carbocycles. The van der Waals surface area contributed by atoms with Crippen molar-refractivity contribution in [3.8, 4) is 11.1 Å². The van der Waals surface area contributed by atoms with Crippen molar-refractivity contribution < 1.29 is 9.18 Å². The fraction of sp³-hybridized carbons (Fsp3) is 0.516. The van der Waals surface area contributed by atoms with E-state index in [9.17, 15) is 9.18 Å². The Morgan fingerprint density at radius 2 is 1.69 bits per heavy atom. The van der Waals surface area contributed by atoms with Gasteiger partial charge in [-0.2, -0.15) is 0 Å². The van der Waals surface area contributed by atoms with E-state index >= 15 is 0 Å². The highest BCUT2D eigenvalue weighted by Gasteiger charge is 2.17. The number of rotatable bonds is 5. The lowest BCUT2D eigenvalue weighted by molar-refractivity contribution is -0.120. The third-order valence-corrected chi connectivity index (χ3v) is 7.60. The lowest BCUT2D eigenvalue weighted by atomic mass is 9.85. The number of nitrogens with one attached hydrogen (secondary N) is 2. The van der Waals surface area contributed by atoms with Gasteiger partial charge in [0.15, 0.2) is 0 Å². The number of aromatic nitrogens is 1. The standard InChI is InChI=1S/C16H14FN.C9H19N.C6H12O/c1-10-3-4-12(7-11(10)2)15-9-18-16-8-13(17)5-6-14(15)16;1-3-8(2)9-4-6-10-7-5-9;1-4-5(2)6(3)7/h3-9,18H,1-2H3;8-10H,3-7H2,1-2H3;5H,4H2,1-3H3. The summed E-state index contributed by atoms with van der Waals surface area (Å²) in [6, 6.07) is 11.2. The maximum atomic E-state index is 13.1. The van der Waals surface area contributed by atoms with Gasteiger partial charge in [0, 0.05) is 28.6 Å². The van der Waals surface area contributed by atoms with Gasteiger partial charge in [-0.3, -0.25) is 4.79 Å². The van der Waals surface area contributed by atoms with Crippen LogP contribution in [0.15, 0.2) is 42.6 Å². The van der Waals surface area contributed by atoms with Gasteiger partial charge in [0.1, 0.15) is 11.6 Å². The van der Waals surface area contributed by atoms with Crippen LogP contribution in [0.5, 0.6) is 0 Å². The SMILES string of the molecule is CCC(C)C(C)=O.CCC(C)C1CCNCC1.Cc1ccc(-c2c[nH]c3cc(F)ccc23)cc1C. The quantitative estimate of drug-likeness (QED) is 0.386. The molecule has 1 aromatic heterocycles. The largest absolute Gasteiger partial charge is 0.360 e. The van der Waals surface area contributed by atoms with Crippen molar-refractivity contribution in [2.24, 2.45) is 17.8 Å². The first-order valence-electron chi connectivity index (χ1n) is 13.2. The molecule has 0 bridgehead atoms. The van der Waals surface area contributed by atoms with Crippen molar-refractivity contribution in [1.29, 1.82) is 0 Å². The van der Waals surface area contributed by atoms with E-state index in [1.165, 1.54) is 55.6 Å². The predicted molar refractivity (Wildman–Crippen MR) is 148 cm³/mol. The molecule has 3 nitrogen and oxygen atoms in total. The molecule has 2 aromatic carbocycles. The van der Waals surface area contributed by atoms with Gasteiger partial charge in [0.05, 0.1) is 0 Å². The summed E-state index contributed by atoms with van der Waals surface area (Å²) in [6.45, 7) is 17.0. The van der Waals surface area contributed by atoms with Crippen LogP contribution in [0.1, 0.15) is 71.4 Å². The van der Waals surface area contributed by atoms with Crippen molar-refractivity contribution in [3.63, 3.8) is 0 Å². The summed E-state index contributed by atoms with van der Waals surface area (Å²) in [4.78, 5) is 13.5. The van der Waals surface area contributed by atoms with E-state index in [2.05, 4.69) is 56.2 Å². The molecule has 0 aliphatic carbocycles. The molecule has 2 heterocycles. The van der Waals surface area contributed by atoms with Crippen LogP contribution >= 0.6 is 0 Å². The molecule has 4 rings (SSSR count). The molecule has 0 spiro atoms. The average molecular weight is 481 g/mol. The van der Waals surface area contributed by atoms with Gasteiger partial charge in [-0.05, 0) is 99.8 Å². The lowest BCUT2D eigenvalue weighted by Crippen LogP contribution is -2.30. The summed E-state index contributed by atoms with van der Waals surface area (Å²) in [5.74, 6) is 2.30. The molecule has 1 saturated heterocycles. The molecule has 2 N–H and O–H groups in total. The summed E-state index contributed by atoms with van der Waals surface area (Å²) in [5, 5.41) is 4.45. The molecule has 192 valence electrons. The highest BCUT2D eigenvalue weighted by atomic mass is 19.1. The molecule has 35 heavy (non-hydrogen) atoms. The summed E-state index contributed by atoms with van der Waals surface area (Å²) in [5.41, 5.74) is 5.67. The zero-order chi connectivity index (χ0) is 26.0. The number of aryl methyl sites for hydroxylation is 2. The number of aromatic amines is 1. The number of carbonyl (C=O) groups is 1. The van der Waals surface area contributed by atoms with Crippen molar-refractivity contribution in [2.75, 3.05) is 13.1 Å². The van der Waals surface area contributed by atoms with Crippen LogP contribution in [-0.4, -0.2) is 23.9 Å². The molecule has 0 amide bonds. The Balaban J connectivity index is 0.000000215. The Hall–Kier alpha value is -2.46. The second kappa shape index (κ2) is 14.2. The lowest BCUT2D eigenvalue weighted by Gasteiger charge is -2.27. The van der Waals surface area contributed by atoms with Crippen LogP contribution in [0.2, 0.25) is 0 Å². The first-order chi connectivity index (χ1) is 16.7. The molecule has 2 atom stereocenters. The van der Waals surface area contributed by atoms with Gasteiger partial charge in [-0.25, -0.2) is 4.39 Å². The number of H-pyrrole nitrogens is 1. The first kappa shape index (κ1) is 28.8. The monoisotopic (exact) mass is 480 g/mol. The molecule has 0 radical (unpaired) electrons. The number of hydrogen-bond donors (Lipinski definition) is 2. The van der Waals surface area contributed by atoms with E-state index in [1.807, 2.05) is 26.1 Å². The Kier molecular flexibility index (Phi) is 11.7. The summed E-state index contributed by atoms with van der Waals surface area (Å²) >= 11 is 0. The maximum absolute atomic E-state index is 13.1. The zero-order valence-electron chi connectivity index (χ0n) is 22.8. The van der Waals surface area contributed by atoms with E-state index in [-0.39, 0.29) is 11.7 Å². The summed E-state index contributed by atoms with van der Waals surface area (Å²) in [6.07, 6.45) is 7.05. The Morgan fingerprint density at radius 3 is 2.23 bits per heavy atom. The number of fused-ring (bicyclic) bond motifs is 1. The molecule has 2 unspecified atom stereocenters. The maximum Gasteiger partial charge on any atom is 0.132 e. The minimum absolute atomic E-state index is 0.212. The first-order valence-corrected chi connectivity index (χ1v) is 13.2. The van der Waals surface area contributed by atoms with Gasteiger partial charge < -0.3 is 10.3 Å². The normalized spacial score (nSPS) is 15.4. The van der Waals surface area contributed by atoms with Crippen LogP contribution in [0.4, 0.5) is 4.39 Å². The summed E-state index contributed by atoms with van der Waals surface area (Å²) in [7, 11) is 0. The highest BCUT2D eigenvalue weighted by molar-refractivity contribution is 5.95. The van der Waals surface area contributed by atoms with E-state index in [4.69, 9.17) is 0 Å². The van der Waals surface area contributed by atoms with Gasteiger partial charge in [0.25, 0.3) is 0 Å². The van der Waals surface area contributed by atoms with Gasteiger partial charge in [-0.1, -0.05) is 52.3 Å². The fourth-order valence-corrected chi connectivity index (χ4v) is 4.28. The van der Waals surface area contributed by atoms with Crippen molar-refractivity contribution in [3.05, 3.63) is 59.5 Å². The van der Waals surface area contributed by atoms with E-state index in [0.717, 1.165) is 40.3 Å². The second-order valence-electron chi connectivity index (χ2n) is 10.1. The van der Waals surface area contributed by atoms with E-state index < -0.39 is 0 Å². The Labute approximate surface area is 211 Å². The molecular weight excluding hydrogens is 435 g/mol. The Bertz CT molecular complexity index is 1070. The molecule has 1 aliphatic rings. The topological polar surface area (TPSA) is 44.9 Å².